The van der Waals surface area contributed by atoms with Gasteiger partial charge in [-0.1, -0.05) is 6.92 Å². The molecule has 6 heteroatoms. The molecule has 0 radical (unpaired) electrons. The number of piperazine rings is 1. The first kappa shape index (κ1) is 16.2. The minimum atomic E-state index is 0.0896. The number of nitrogens with one attached hydrogen (secondary N) is 2. The fourth-order valence-corrected chi connectivity index (χ4v) is 2.95. The van der Waals surface area contributed by atoms with Gasteiger partial charge >= 0.3 is 0 Å². The Hall–Kier alpha value is -1.14. The van der Waals surface area contributed by atoms with Crippen LogP contribution in [0.5, 0.6) is 0 Å². The number of carbonyl (C=O) groups is 2. The van der Waals surface area contributed by atoms with Gasteiger partial charge in [0.25, 0.3) is 0 Å². The quantitative estimate of drug-likeness (QED) is 0.712. The van der Waals surface area contributed by atoms with E-state index in [2.05, 4.69) is 15.5 Å². The highest BCUT2D eigenvalue weighted by molar-refractivity contribution is 5.78. The molecule has 1 unspecified atom stereocenters. The van der Waals surface area contributed by atoms with Crippen molar-refractivity contribution in [1.82, 2.24) is 20.4 Å². The van der Waals surface area contributed by atoms with Crippen molar-refractivity contribution >= 4 is 11.8 Å². The molecule has 0 aromatic rings. The minimum absolute atomic E-state index is 0.0896. The van der Waals surface area contributed by atoms with Crippen molar-refractivity contribution in [3.05, 3.63) is 0 Å². The first-order valence-corrected chi connectivity index (χ1v) is 8.19. The Morgan fingerprint density at radius 3 is 2.62 bits per heavy atom. The summed E-state index contributed by atoms with van der Waals surface area (Å²) in [7, 11) is 0. The number of hydrogen-bond donors (Lipinski definition) is 2. The lowest BCUT2D eigenvalue weighted by Crippen LogP contribution is -2.51. The maximum atomic E-state index is 12.2. The zero-order valence-corrected chi connectivity index (χ0v) is 13.1. The van der Waals surface area contributed by atoms with Crippen LogP contribution in [0.3, 0.4) is 0 Å². The normalized spacial score (nSPS) is 23.3. The third kappa shape index (κ3) is 5.28. The second kappa shape index (κ2) is 8.34. The summed E-state index contributed by atoms with van der Waals surface area (Å²) in [5, 5.41) is 6.26. The fraction of sp³-hybridized carbons (Fsp3) is 0.867. The lowest BCUT2D eigenvalue weighted by Gasteiger charge is -2.34. The summed E-state index contributed by atoms with van der Waals surface area (Å²) in [6.07, 6.45) is 3.88. The highest BCUT2D eigenvalue weighted by Crippen LogP contribution is 2.12. The van der Waals surface area contributed by atoms with Crippen LogP contribution in [0.4, 0.5) is 0 Å². The Morgan fingerprint density at radius 2 is 2.00 bits per heavy atom. The van der Waals surface area contributed by atoms with Crippen LogP contribution in [0.25, 0.3) is 0 Å². The highest BCUT2D eigenvalue weighted by Gasteiger charge is 2.25. The molecule has 2 saturated heterocycles. The van der Waals surface area contributed by atoms with E-state index in [0.29, 0.717) is 19.0 Å². The summed E-state index contributed by atoms with van der Waals surface area (Å²) in [6.45, 7) is 7.35. The van der Waals surface area contributed by atoms with E-state index in [9.17, 15) is 9.59 Å². The van der Waals surface area contributed by atoms with Crippen molar-refractivity contribution in [3.8, 4) is 0 Å². The van der Waals surface area contributed by atoms with E-state index in [4.69, 9.17) is 0 Å². The van der Waals surface area contributed by atoms with E-state index in [1.807, 2.05) is 11.8 Å². The summed E-state index contributed by atoms with van der Waals surface area (Å²) < 4.78 is 0. The predicted octanol–water partition coefficient (Wildman–Crippen LogP) is -0.201. The summed E-state index contributed by atoms with van der Waals surface area (Å²) >= 11 is 0. The maximum Gasteiger partial charge on any atom is 0.234 e. The van der Waals surface area contributed by atoms with Gasteiger partial charge in [-0.25, -0.2) is 0 Å². The molecule has 2 fully saturated rings. The molecule has 21 heavy (non-hydrogen) atoms. The Balaban J connectivity index is 1.65. The van der Waals surface area contributed by atoms with Gasteiger partial charge in [0.1, 0.15) is 0 Å². The number of rotatable bonds is 6. The molecule has 6 nitrogen and oxygen atoms in total. The van der Waals surface area contributed by atoms with Crippen LogP contribution in [0, 0.1) is 0 Å². The molecule has 2 N–H and O–H groups in total. The molecule has 0 saturated carbocycles. The first-order valence-electron chi connectivity index (χ1n) is 8.19. The largest absolute Gasteiger partial charge is 0.355 e. The van der Waals surface area contributed by atoms with Gasteiger partial charge in [0.2, 0.25) is 11.8 Å². The van der Waals surface area contributed by atoms with Crippen molar-refractivity contribution in [2.75, 3.05) is 45.8 Å². The molecular formula is C15H28N4O2. The van der Waals surface area contributed by atoms with E-state index in [-0.39, 0.29) is 11.8 Å². The molecule has 0 aromatic carbocycles. The topological polar surface area (TPSA) is 64.7 Å². The van der Waals surface area contributed by atoms with Crippen LogP contribution in [0.1, 0.15) is 32.6 Å². The average Bonchev–Trinajstić information content (AvgIpc) is 2.98. The predicted molar refractivity (Wildman–Crippen MR) is 82.0 cm³/mol. The zero-order valence-electron chi connectivity index (χ0n) is 13.1. The second-order valence-corrected chi connectivity index (χ2v) is 6.00. The summed E-state index contributed by atoms with van der Waals surface area (Å²) in [5.41, 5.74) is 0. The molecule has 2 aliphatic rings. The second-order valence-electron chi connectivity index (χ2n) is 6.00. The van der Waals surface area contributed by atoms with Crippen LogP contribution in [-0.4, -0.2) is 73.5 Å². The van der Waals surface area contributed by atoms with Crippen molar-refractivity contribution in [1.29, 1.82) is 0 Å². The fourth-order valence-electron chi connectivity index (χ4n) is 2.95. The van der Waals surface area contributed by atoms with E-state index >= 15 is 0 Å². The molecule has 0 bridgehead atoms. The van der Waals surface area contributed by atoms with Gasteiger partial charge in [0.15, 0.2) is 0 Å². The van der Waals surface area contributed by atoms with E-state index in [1.165, 1.54) is 6.42 Å². The van der Waals surface area contributed by atoms with Crippen LogP contribution in [0.2, 0.25) is 0 Å². The van der Waals surface area contributed by atoms with Crippen molar-refractivity contribution < 1.29 is 9.59 Å². The lowest BCUT2D eigenvalue weighted by atomic mass is 10.1. The third-order valence-corrected chi connectivity index (χ3v) is 4.25. The standard InChI is InChI=1S/C15H28N4O2/c1-2-5-17-14(20)12-18-7-9-19(10-8-18)15(21)11-13-4-3-6-16-13/h13,16H,2-12H2,1H3,(H,17,20). The molecule has 120 valence electrons. The molecule has 0 aromatic heterocycles. The summed E-state index contributed by atoms with van der Waals surface area (Å²) in [6, 6.07) is 0.371. The minimum Gasteiger partial charge on any atom is -0.355 e. The average molecular weight is 296 g/mol. The Kier molecular flexibility index (Phi) is 6.45. The number of amides is 2. The molecule has 0 aliphatic carbocycles. The summed E-state index contributed by atoms with van der Waals surface area (Å²) in [4.78, 5) is 28.0. The van der Waals surface area contributed by atoms with E-state index < -0.39 is 0 Å². The molecule has 2 rings (SSSR count). The maximum absolute atomic E-state index is 12.2. The zero-order chi connectivity index (χ0) is 15.1. The number of nitrogens with zero attached hydrogens (tertiary/aromatic N) is 2. The van der Waals surface area contributed by atoms with E-state index in [1.54, 1.807) is 0 Å². The van der Waals surface area contributed by atoms with Gasteiger partial charge in [0.05, 0.1) is 6.54 Å². The van der Waals surface area contributed by atoms with Gasteiger partial charge < -0.3 is 15.5 Å². The number of carbonyl (C=O) groups excluding carboxylic acids is 2. The van der Waals surface area contributed by atoms with Gasteiger partial charge in [-0.05, 0) is 25.8 Å². The smallest absolute Gasteiger partial charge is 0.234 e. The number of hydrogen-bond acceptors (Lipinski definition) is 4. The Bertz CT molecular complexity index is 348. The van der Waals surface area contributed by atoms with Gasteiger partial charge in [-0.15, -0.1) is 0 Å². The molecular weight excluding hydrogens is 268 g/mol. The molecule has 0 spiro atoms. The monoisotopic (exact) mass is 296 g/mol. The van der Waals surface area contributed by atoms with Crippen molar-refractivity contribution in [2.24, 2.45) is 0 Å². The lowest BCUT2D eigenvalue weighted by molar-refractivity contribution is -0.133. The molecule has 2 amide bonds. The Labute approximate surface area is 127 Å². The molecule has 1 atom stereocenters. The van der Waals surface area contributed by atoms with Gasteiger partial charge in [-0.2, -0.15) is 0 Å². The van der Waals surface area contributed by atoms with Crippen LogP contribution < -0.4 is 10.6 Å². The van der Waals surface area contributed by atoms with Crippen LogP contribution in [-0.2, 0) is 9.59 Å². The SMILES string of the molecule is CCCNC(=O)CN1CCN(C(=O)CC2CCCN2)CC1. The molecule has 2 heterocycles. The first-order chi connectivity index (χ1) is 10.2. The highest BCUT2D eigenvalue weighted by atomic mass is 16.2. The molecule has 2 aliphatic heterocycles. The van der Waals surface area contributed by atoms with Crippen molar-refractivity contribution in [3.63, 3.8) is 0 Å². The van der Waals surface area contributed by atoms with Crippen molar-refractivity contribution in [2.45, 2.75) is 38.6 Å². The van der Waals surface area contributed by atoms with Crippen LogP contribution in [0.15, 0.2) is 0 Å². The third-order valence-electron chi connectivity index (χ3n) is 4.25. The van der Waals surface area contributed by atoms with Gasteiger partial charge in [-0.3, -0.25) is 14.5 Å². The summed E-state index contributed by atoms with van der Waals surface area (Å²) in [5.74, 6) is 0.344. The van der Waals surface area contributed by atoms with Gasteiger partial charge in [0, 0.05) is 45.2 Å². The Morgan fingerprint density at radius 1 is 1.24 bits per heavy atom. The van der Waals surface area contributed by atoms with E-state index in [0.717, 1.165) is 52.1 Å². The van der Waals surface area contributed by atoms with Crippen LogP contribution >= 0.6 is 0 Å².